The minimum Gasteiger partial charge on any atom is -0.465 e. The van der Waals surface area contributed by atoms with E-state index in [1.54, 1.807) is 0 Å². The van der Waals surface area contributed by atoms with Crippen molar-refractivity contribution in [2.75, 3.05) is 18.4 Å². The van der Waals surface area contributed by atoms with Crippen LogP contribution in [-0.2, 0) is 6.18 Å². The van der Waals surface area contributed by atoms with E-state index in [1.165, 1.54) is 4.90 Å². The highest BCUT2D eigenvalue weighted by Gasteiger charge is 2.58. The standard InChI is InChI=1S/C25H30ClF3N4O2S/c1-14-11-15(5-6-17(14)31-21-30-13-16(20(26)32-21)25(27,28)29)36-18-12-24(19(18)23(2,3)4)7-9-33(10-8-24)22(34)35/h5-6,11,13,18-19H,7-10,12H2,1-4H3,(H,34,35)(H,30,31,32). The molecule has 2 N–H and O–H groups in total. The first kappa shape index (κ1) is 26.9. The molecule has 0 bridgehead atoms. The van der Waals surface area contributed by atoms with Crippen molar-refractivity contribution in [1.82, 2.24) is 14.9 Å². The maximum Gasteiger partial charge on any atom is 0.420 e. The molecule has 11 heteroatoms. The lowest BCUT2D eigenvalue weighted by molar-refractivity contribution is -0.137. The van der Waals surface area contributed by atoms with E-state index in [9.17, 15) is 23.1 Å². The molecule has 2 heterocycles. The van der Waals surface area contributed by atoms with E-state index in [0.29, 0.717) is 36.1 Å². The molecule has 1 saturated carbocycles. The molecule has 1 amide bonds. The molecule has 6 nitrogen and oxygen atoms in total. The number of carboxylic acid groups (broad SMARTS) is 1. The number of thioether (sulfide) groups is 1. The average Bonchev–Trinajstić information content (AvgIpc) is 2.73. The van der Waals surface area contributed by atoms with Gasteiger partial charge in [0.1, 0.15) is 10.7 Å². The predicted octanol–water partition coefficient (Wildman–Crippen LogP) is 7.49. The number of aromatic nitrogens is 2. The van der Waals surface area contributed by atoms with Gasteiger partial charge in [-0.05, 0) is 66.7 Å². The topological polar surface area (TPSA) is 78.4 Å². The fourth-order valence-electron chi connectivity index (χ4n) is 5.88. The first-order valence-electron chi connectivity index (χ1n) is 11.8. The summed E-state index contributed by atoms with van der Waals surface area (Å²) in [6.45, 7) is 9.91. The van der Waals surface area contributed by atoms with Gasteiger partial charge >= 0.3 is 12.3 Å². The highest BCUT2D eigenvalue weighted by atomic mass is 35.5. The summed E-state index contributed by atoms with van der Waals surface area (Å²) in [4.78, 5) is 21.5. The molecule has 2 atom stereocenters. The van der Waals surface area contributed by atoms with Crippen LogP contribution in [0.5, 0.6) is 0 Å². The van der Waals surface area contributed by atoms with Crippen molar-refractivity contribution in [2.24, 2.45) is 16.7 Å². The van der Waals surface area contributed by atoms with Gasteiger partial charge in [0.25, 0.3) is 0 Å². The number of benzene rings is 1. The second-order valence-corrected chi connectivity index (χ2v) is 12.5. The number of alkyl halides is 3. The van der Waals surface area contributed by atoms with E-state index in [0.717, 1.165) is 29.7 Å². The molecule has 1 aliphatic heterocycles. The Balaban J connectivity index is 1.45. The average molecular weight is 543 g/mol. The second kappa shape index (κ2) is 9.59. The highest BCUT2D eigenvalue weighted by molar-refractivity contribution is 8.00. The van der Waals surface area contributed by atoms with Gasteiger partial charge in [0.05, 0.1) is 0 Å². The number of aryl methyl sites for hydroxylation is 1. The van der Waals surface area contributed by atoms with Crippen molar-refractivity contribution in [1.29, 1.82) is 0 Å². The lowest BCUT2D eigenvalue weighted by atomic mass is 9.48. The molecule has 0 radical (unpaired) electrons. The molecule has 4 rings (SSSR count). The van der Waals surface area contributed by atoms with E-state index in [4.69, 9.17) is 11.6 Å². The maximum atomic E-state index is 12.9. The summed E-state index contributed by atoms with van der Waals surface area (Å²) in [6, 6.07) is 5.92. The van der Waals surface area contributed by atoms with Crippen LogP contribution in [0.2, 0.25) is 5.15 Å². The Labute approximate surface area is 218 Å². The minimum absolute atomic E-state index is 0.00191. The Bertz CT molecular complexity index is 1150. The monoisotopic (exact) mass is 542 g/mol. The van der Waals surface area contributed by atoms with Crippen LogP contribution in [0.3, 0.4) is 0 Å². The highest BCUT2D eigenvalue weighted by Crippen LogP contribution is 2.64. The SMILES string of the molecule is Cc1cc(SC2CC3(CCN(C(=O)O)CC3)C2C(C)(C)C)ccc1Nc1ncc(C(F)(F)F)c(Cl)n1. The molecule has 1 aliphatic carbocycles. The number of anilines is 2. The van der Waals surface area contributed by atoms with Crippen LogP contribution < -0.4 is 5.32 Å². The summed E-state index contributed by atoms with van der Waals surface area (Å²) in [5.74, 6) is 0.463. The van der Waals surface area contributed by atoms with E-state index < -0.39 is 23.0 Å². The van der Waals surface area contributed by atoms with Crippen molar-refractivity contribution in [3.8, 4) is 0 Å². The smallest absolute Gasteiger partial charge is 0.420 e. The lowest BCUT2D eigenvalue weighted by Crippen LogP contribution is -2.60. The third-order valence-electron chi connectivity index (χ3n) is 7.38. The molecule has 2 aliphatic rings. The summed E-state index contributed by atoms with van der Waals surface area (Å²) in [6.07, 6.45) is -1.91. The minimum atomic E-state index is -4.61. The van der Waals surface area contributed by atoms with Crippen LogP contribution >= 0.6 is 23.4 Å². The lowest BCUT2D eigenvalue weighted by Gasteiger charge is -2.62. The van der Waals surface area contributed by atoms with Crippen molar-refractivity contribution < 1.29 is 23.1 Å². The number of hydrogen-bond donors (Lipinski definition) is 2. The van der Waals surface area contributed by atoms with Crippen molar-refractivity contribution in [3.63, 3.8) is 0 Å². The zero-order valence-corrected chi connectivity index (χ0v) is 22.2. The predicted molar refractivity (Wildman–Crippen MR) is 135 cm³/mol. The largest absolute Gasteiger partial charge is 0.465 e. The number of likely N-dealkylation sites (tertiary alicyclic amines) is 1. The summed E-state index contributed by atoms with van der Waals surface area (Å²) in [5, 5.41) is 12.1. The molecule has 2 aromatic rings. The number of carbonyl (C=O) groups is 1. The zero-order chi connectivity index (χ0) is 26.5. The van der Waals surface area contributed by atoms with Crippen molar-refractivity contribution in [3.05, 3.63) is 40.7 Å². The van der Waals surface area contributed by atoms with Crippen molar-refractivity contribution >= 4 is 41.1 Å². The Morgan fingerprint density at radius 3 is 2.44 bits per heavy atom. The van der Waals surface area contributed by atoms with Crippen LogP contribution in [0.1, 0.15) is 51.2 Å². The van der Waals surface area contributed by atoms with Crippen LogP contribution in [-0.4, -0.2) is 44.4 Å². The number of nitrogens with one attached hydrogen (secondary N) is 1. The number of nitrogens with zero attached hydrogens (tertiary/aromatic N) is 3. The first-order valence-corrected chi connectivity index (χ1v) is 13.1. The Hall–Kier alpha value is -2.20. The van der Waals surface area contributed by atoms with Crippen LogP contribution in [0, 0.1) is 23.7 Å². The van der Waals surface area contributed by atoms with Gasteiger partial charge in [-0.1, -0.05) is 32.4 Å². The molecule has 36 heavy (non-hydrogen) atoms. The number of halogens is 4. The van der Waals surface area contributed by atoms with Gasteiger partial charge in [0.15, 0.2) is 0 Å². The molecule has 196 valence electrons. The Kier molecular flexibility index (Phi) is 7.16. The first-order chi connectivity index (χ1) is 16.7. The van der Waals surface area contributed by atoms with Crippen molar-refractivity contribution in [2.45, 2.75) is 63.3 Å². The number of hydrogen-bond acceptors (Lipinski definition) is 5. The van der Waals surface area contributed by atoms with E-state index in [-0.39, 0.29) is 16.8 Å². The quantitative estimate of drug-likeness (QED) is 0.390. The Morgan fingerprint density at radius 2 is 1.92 bits per heavy atom. The van der Waals surface area contributed by atoms with Gasteiger partial charge in [-0.2, -0.15) is 13.2 Å². The van der Waals surface area contributed by atoms with E-state index >= 15 is 0 Å². The summed E-state index contributed by atoms with van der Waals surface area (Å²) in [5.41, 5.74) is 0.803. The van der Waals surface area contributed by atoms with Gasteiger partial charge in [0.2, 0.25) is 5.95 Å². The number of rotatable bonds is 4. The zero-order valence-electron chi connectivity index (χ0n) is 20.6. The normalized spacial score (nSPS) is 21.8. The Morgan fingerprint density at radius 1 is 1.25 bits per heavy atom. The van der Waals surface area contributed by atoms with Gasteiger partial charge in [0, 0.05) is 35.1 Å². The third-order valence-corrected chi connectivity index (χ3v) is 8.94. The van der Waals surface area contributed by atoms with E-state index in [1.807, 2.05) is 30.8 Å². The number of amides is 1. The van der Waals surface area contributed by atoms with E-state index in [2.05, 4.69) is 42.1 Å². The molecular weight excluding hydrogens is 513 g/mol. The van der Waals surface area contributed by atoms with Crippen LogP contribution in [0.25, 0.3) is 0 Å². The molecule has 1 aromatic carbocycles. The fourth-order valence-corrected chi connectivity index (χ4v) is 8.11. The molecule has 1 saturated heterocycles. The maximum absolute atomic E-state index is 12.9. The molecule has 2 unspecified atom stereocenters. The fraction of sp³-hybridized carbons (Fsp3) is 0.560. The summed E-state index contributed by atoms with van der Waals surface area (Å²) in [7, 11) is 0. The molecule has 1 spiro atoms. The second-order valence-electron chi connectivity index (χ2n) is 10.8. The van der Waals surface area contributed by atoms with Crippen LogP contribution in [0.4, 0.5) is 29.6 Å². The molecule has 1 aromatic heterocycles. The molecule has 2 fully saturated rings. The summed E-state index contributed by atoms with van der Waals surface area (Å²) >= 11 is 7.56. The van der Waals surface area contributed by atoms with Gasteiger partial charge in [-0.15, -0.1) is 11.8 Å². The van der Waals surface area contributed by atoms with Gasteiger partial charge in [-0.3, -0.25) is 0 Å². The van der Waals surface area contributed by atoms with Crippen LogP contribution in [0.15, 0.2) is 29.3 Å². The van der Waals surface area contributed by atoms with Gasteiger partial charge in [-0.25, -0.2) is 14.8 Å². The number of piperidine rings is 1. The third kappa shape index (κ3) is 5.39. The summed E-state index contributed by atoms with van der Waals surface area (Å²) < 4.78 is 38.7. The molecular formula is C25H30ClF3N4O2S. The van der Waals surface area contributed by atoms with Gasteiger partial charge < -0.3 is 15.3 Å².